The molecule has 0 amide bonds. The van der Waals surface area contributed by atoms with Gasteiger partial charge in [-0.3, -0.25) is 12.9 Å². The van der Waals surface area contributed by atoms with Gasteiger partial charge in [-0.1, -0.05) is 35.4 Å². The highest BCUT2D eigenvalue weighted by atomic mass is 32.2. The number of aliphatic hydroxyl groups excluding tert-OH is 1. The standard InChI is InChI=1S/C24H25N5O8S2/c1-14-3-7-16(8-4-14)38(31,32)35-11-18-21(37-39(33,34)17-9-5-15(2)6-10-17)20(30)24(36-18)29-13-28-19-22(25)26-12-27-23(19)29/h3-10,12-13,18,20-21,24,30H,11H2,1-2H3,(H2,25,26,27)/t18-,20-,21-,24-/m1/s1. The fourth-order valence-electron chi connectivity index (χ4n) is 4.09. The number of fused-ring (bicyclic) bond motifs is 1. The highest BCUT2D eigenvalue weighted by Crippen LogP contribution is 2.36. The minimum Gasteiger partial charge on any atom is -0.386 e. The molecule has 3 heterocycles. The molecular weight excluding hydrogens is 550 g/mol. The van der Waals surface area contributed by atoms with Crippen molar-refractivity contribution in [1.82, 2.24) is 19.5 Å². The molecule has 2 aromatic heterocycles. The Kier molecular flexibility index (Phi) is 7.13. The molecule has 4 aromatic rings. The summed E-state index contributed by atoms with van der Waals surface area (Å²) in [7, 11) is -8.63. The summed E-state index contributed by atoms with van der Waals surface area (Å²) in [4.78, 5) is 11.9. The molecule has 5 rings (SSSR count). The van der Waals surface area contributed by atoms with E-state index in [4.69, 9.17) is 18.8 Å². The topological polar surface area (TPSA) is 186 Å². The number of aromatic nitrogens is 4. The van der Waals surface area contributed by atoms with Crippen LogP contribution >= 0.6 is 0 Å². The number of nitrogen functional groups attached to an aromatic ring is 1. The van der Waals surface area contributed by atoms with Gasteiger partial charge in [-0.05, 0) is 38.1 Å². The molecule has 39 heavy (non-hydrogen) atoms. The molecule has 1 saturated heterocycles. The van der Waals surface area contributed by atoms with Gasteiger partial charge in [0.05, 0.1) is 22.7 Å². The van der Waals surface area contributed by atoms with Gasteiger partial charge in [0, 0.05) is 0 Å². The minimum absolute atomic E-state index is 0.0880. The number of hydrogen-bond acceptors (Lipinski definition) is 12. The zero-order valence-electron chi connectivity index (χ0n) is 20.8. The number of benzene rings is 2. The molecule has 0 radical (unpaired) electrons. The molecule has 1 aliphatic heterocycles. The lowest BCUT2D eigenvalue weighted by atomic mass is 10.1. The van der Waals surface area contributed by atoms with Crippen molar-refractivity contribution >= 4 is 37.2 Å². The molecule has 1 fully saturated rings. The van der Waals surface area contributed by atoms with E-state index in [0.717, 1.165) is 11.1 Å². The van der Waals surface area contributed by atoms with Gasteiger partial charge in [0.15, 0.2) is 17.7 Å². The van der Waals surface area contributed by atoms with Crippen molar-refractivity contribution < 1.29 is 35.0 Å². The van der Waals surface area contributed by atoms with E-state index in [2.05, 4.69) is 15.0 Å². The van der Waals surface area contributed by atoms with Crippen LogP contribution in [-0.2, 0) is 33.3 Å². The lowest BCUT2D eigenvalue weighted by molar-refractivity contribution is -0.0462. The highest BCUT2D eigenvalue weighted by molar-refractivity contribution is 7.87. The molecule has 13 nitrogen and oxygen atoms in total. The SMILES string of the molecule is Cc1ccc(S(=O)(=O)OC[C@H]2O[C@@H](n3cnc4c(N)ncnc43)[C@H](O)[C@@H]2OS(=O)(=O)c2ccc(C)cc2)cc1. The Balaban J connectivity index is 1.46. The Hall–Kier alpha value is -3.47. The van der Waals surface area contributed by atoms with E-state index < -0.39 is 51.4 Å². The molecule has 206 valence electrons. The molecule has 0 saturated carbocycles. The van der Waals surface area contributed by atoms with Crippen LogP contribution in [0.2, 0.25) is 0 Å². The van der Waals surface area contributed by atoms with Gasteiger partial charge < -0.3 is 15.6 Å². The zero-order valence-corrected chi connectivity index (χ0v) is 22.4. The third-order valence-electron chi connectivity index (χ3n) is 6.22. The second-order valence-corrected chi connectivity index (χ2v) is 12.2. The number of ether oxygens (including phenoxy) is 1. The van der Waals surface area contributed by atoms with Crippen molar-refractivity contribution in [2.24, 2.45) is 0 Å². The maximum atomic E-state index is 13.1. The second-order valence-electron chi connectivity index (χ2n) is 9.02. The Bertz CT molecular complexity index is 1710. The smallest absolute Gasteiger partial charge is 0.297 e. The van der Waals surface area contributed by atoms with Crippen LogP contribution in [-0.4, -0.2) is 66.4 Å². The van der Waals surface area contributed by atoms with E-state index in [0.29, 0.717) is 0 Å². The van der Waals surface area contributed by atoms with E-state index in [1.807, 2.05) is 0 Å². The molecule has 3 N–H and O–H groups in total. The predicted octanol–water partition coefficient (Wildman–Crippen LogP) is 1.46. The Morgan fingerprint density at radius 3 is 2.13 bits per heavy atom. The van der Waals surface area contributed by atoms with Crippen LogP contribution in [0.3, 0.4) is 0 Å². The fourth-order valence-corrected chi connectivity index (χ4v) is 6.12. The number of imidazole rings is 1. The molecule has 0 unspecified atom stereocenters. The van der Waals surface area contributed by atoms with Crippen LogP contribution in [0.4, 0.5) is 5.82 Å². The third-order valence-corrected chi connectivity index (χ3v) is 8.84. The third kappa shape index (κ3) is 5.36. The first-order chi connectivity index (χ1) is 18.5. The Morgan fingerprint density at radius 1 is 0.923 bits per heavy atom. The number of rotatable bonds is 8. The predicted molar refractivity (Wildman–Crippen MR) is 137 cm³/mol. The van der Waals surface area contributed by atoms with Gasteiger partial charge in [0.1, 0.15) is 30.2 Å². The van der Waals surface area contributed by atoms with E-state index >= 15 is 0 Å². The van der Waals surface area contributed by atoms with Crippen LogP contribution in [0.25, 0.3) is 11.2 Å². The van der Waals surface area contributed by atoms with Gasteiger partial charge in [-0.25, -0.2) is 15.0 Å². The summed E-state index contributed by atoms with van der Waals surface area (Å²) in [5.74, 6) is 0.0880. The van der Waals surface area contributed by atoms with Crippen molar-refractivity contribution in [2.75, 3.05) is 12.3 Å². The van der Waals surface area contributed by atoms with Gasteiger partial charge >= 0.3 is 0 Å². The molecule has 0 spiro atoms. The van der Waals surface area contributed by atoms with Crippen molar-refractivity contribution in [3.8, 4) is 0 Å². The average Bonchev–Trinajstić information content (AvgIpc) is 3.45. The van der Waals surface area contributed by atoms with Crippen molar-refractivity contribution in [3.63, 3.8) is 0 Å². The van der Waals surface area contributed by atoms with Gasteiger partial charge in [-0.2, -0.15) is 16.8 Å². The monoisotopic (exact) mass is 575 g/mol. The zero-order chi connectivity index (χ0) is 27.9. The van der Waals surface area contributed by atoms with Crippen LogP contribution < -0.4 is 5.73 Å². The van der Waals surface area contributed by atoms with Crippen molar-refractivity contribution in [1.29, 1.82) is 0 Å². The quantitative estimate of drug-likeness (QED) is 0.289. The number of nitrogens with two attached hydrogens (primary N) is 1. The Morgan fingerprint density at radius 2 is 1.51 bits per heavy atom. The molecule has 2 aromatic carbocycles. The molecule has 1 aliphatic rings. The summed E-state index contributed by atoms with van der Waals surface area (Å²) in [6.45, 7) is 2.95. The molecule has 0 aliphatic carbocycles. The number of nitrogens with zero attached hydrogens (tertiary/aromatic N) is 4. The summed E-state index contributed by atoms with van der Waals surface area (Å²) < 4.78 is 69.7. The maximum Gasteiger partial charge on any atom is 0.297 e. The summed E-state index contributed by atoms with van der Waals surface area (Å²) in [6.07, 6.45) is -3.26. The molecular formula is C24H25N5O8S2. The first kappa shape index (κ1) is 27.1. The van der Waals surface area contributed by atoms with Gasteiger partial charge in [-0.15, -0.1) is 0 Å². The highest BCUT2D eigenvalue weighted by Gasteiger charge is 2.49. The van der Waals surface area contributed by atoms with E-state index in [1.54, 1.807) is 38.1 Å². The lowest BCUT2D eigenvalue weighted by Gasteiger charge is -2.20. The number of hydrogen-bond donors (Lipinski definition) is 2. The van der Waals surface area contributed by atoms with Crippen molar-refractivity contribution in [2.45, 2.75) is 48.2 Å². The summed E-state index contributed by atoms with van der Waals surface area (Å²) in [5.41, 5.74) is 7.98. The molecule has 0 bridgehead atoms. The maximum absolute atomic E-state index is 13.1. The van der Waals surface area contributed by atoms with E-state index in [-0.39, 0.29) is 26.8 Å². The minimum atomic E-state index is -4.39. The fraction of sp³-hybridized carbons (Fsp3) is 0.292. The van der Waals surface area contributed by atoms with Gasteiger partial charge in [0.2, 0.25) is 0 Å². The number of aryl methyl sites for hydroxylation is 2. The molecule has 4 atom stereocenters. The second kappa shape index (κ2) is 10.3. The normalized spacial score (nSPS) is 21.9. The summed E-state index contributed by atoms with van der Waals surface area (Å²) >= 11 is 0. The first-order valence-corrected chi connectivity index (χ1v) is 14.5. The van der Waals surface area contributed by atoms with E-state index in [1.165, 1.54) is 41.5 Å². The number of aliphatic hydroxyl groups is 1. The van der Waals surface area contributed by atoms with Gasteiger partial charge in [0.25, 0.3) is 20.2 Å². The largest absolute Gasteiger partial charge is 0.386 e. The average molecular weight is 576 g/mol. The van der Waals surface area contributed by atoms with Crippen LogP contribution in [0.5, 0.6) is 0 Å². The van der Waals surface area contributed by atoms with Crippen LogP contribution in [0, 0.1) is 13.8 Å². The van der Waals surface area contributed by atoms with Crippen LogP contribution in [0.1, 0.15) is 17.4 Å². The lowest BCUT2D eigenvalue weighted by Crippen LogP contribution is -2.38. The Labute approximate surface area is 224 Å². The summed E-state index contributed by atoms with van der Waals surface area (Å²) in [5, 5.41) is 11.2. The van der Waals surface area contributed by atoms with Crippen molar-refractivity contribution in [3.05, 3.63) is 72.3 Å². The summed E-state index contributed by atoms with van der Waals surface area (Å²) in [6, 6.07) is 11.9. The first-order valence-electron chi connectivity index (χ1n) is 11.7. The van der Waals surface area contributed by atoms with Crippen LogP contribution in [0.15, 0.2) is 71.0 Å². The molecule has 15 heteroatoms. The number of anilines is 1. The van der Waals surface area contributed by atoms with E-state index in [9.17, 15) is 21.9 Å².